The summed E-state index contributed by atoms with van der Waals surface area (Å²) in [6.45, 7) is 3.18. The lowest BCUT2D eigenvalue weighted by atomic mass is 9.96. The van der Waals surface area contributed by atoms with Gasteiger partial charge in [-0.3, -0.25) is 91.1 Å². The fourth-order valence-electron chi connectivity index (χ4n) is 13.8. The van der Waals surface area contributed by atoms with Crippen molar-refractivity contribution in [3.05, 3.63) is 95.5 Å². The Kier molecular flexibility index (Phi) is 35.9. The summed E-state index contributed by atoms with van der Waals surface area (Å²) in [5.74, 6) is -24.0. The number of para-hydroxylation sites is 2. The maximum absolute atomic E-state index is 14.8. The lowest BCUT2D eigenvalue weighted by Gasteiger charge is -2.29. The molecule has 4 heterocycles. The van der Waals surface area contributed by atoms with E-state index in [0.717, 1.165) is 6.92 Å². The third-order valence-electron chi connectivity index (χ3n) is 20.3. The molecule has 0 unspecified atom stereocenters. The molecule has 0 spiro atoms. The number of aliphatic hydroxyl groups is 1. The fraction of sp³-hybridized carbons (Fsp3) is 0.494. The van der Waals surface area contributed by atoms with Gasteiger partial charge in [0.15, 0.2) is 0 Å². The molecule has 14 amide bonds. The highest BCUT2D eigenvalue weighted by atomic mass is 16.4. The Morgan fingerprint density at radius 1 is 0.434 bits per heavy atom. The molecule has 2 fully saturated rings. The van der Waals surface area contributed by atoms with Gasteiger partial charge in [0, 0.05) is 98.5 Å². The van der Waals surface area contributed by atoms with Gasteiger partial charge in [0.2, 0.25) is 82.7 Å². The zero-order valence-corrected chi connectivity index (χ0v) is 66.9. The molecular formula is C79H102N16O27. The maximum atomic E-state index is 14.8. The number of amides is 14. The minimum Gasteiger partial charge on any atom is -0.512 e. The first-order valence-corrected chi connectivity index (χ1v) is 39.5. The van der Waals surface area contributed by atoms with Gasteiger partial charge in [0.05, 0.1) is 18.8 Å². The number of nitrogens with zero attached hydrogens (tertiary/aromatic N) is 1. The van der Waals surface area contributed by atoms with Crippen molar-refractivity contribution in [2.75, 3.05) is 19.6 Å². The molecule has 3 aliphatic rings. The Hall–Kier alpha value is -13.8. The second-order valence-corrected chi connectivity index (χ2v) is 30.1. The summed E-state index contributed by atoms with van der Waals surface area (Å²) in [7, 11) is 0. The fourth-order valence-corrected chi connectivity index (χ4v) is 13.8. The summed E-state index contributed by atoms with van der Waals surface area (Å²) < 4.78 is 0. The molecule has 2 saturated heterocycles. The number of carbonyl (C=O) groups excluding carboxylic acids is 14. The third kappa shape index (κ3) is 29.9. The van der Waals surface area contributed by atoms with Gasteiger partial charge in [-0.2, -0.15) is 0 Å². The molecule has 660 valence electrons. The SMILES string of the molecule is CC(C)C[C@H](NC(=O)[C@H](Cc1c[nH]c2ccccc12)NC(=O)[C@@H]1CCCN1C(=O)CNC(=O)[C@@H]1CCC(=O)N1)C(=O)N[C@@H](CCC(=O)O)C(=O)N[C@@H](CCC(=O)O)C(=O)N[C@@H](CCC(=O)O)C(=O)N[C@@H](CCC(=O)O)C(=O)N[C@@H](CCC(=O)O)C(=O)N[C@@H](C)C(=O)N[C@@H](CC1=CC=C(O)CC1)C(=O)NCC(=O)N[C@@H](Cc1c[nH]c2ccccc12)C(=O)O. The molecule has 22 N–H and O–H groups in total. The summed E-state index contributed by atoms with van der Waals surface area (Å²) in [4.78, 5) is 275. The first-order chi connectivity index (χ1) is 57.8. The zero-order valence-electron chi connectivity index (χ0n) is 66.9. The van der Waals surface area contributed by atoms with Gasteiger partial charge in [0.1, 0.15) is 72.5 Å². The Balaban J connectivity index is 1.04. The number of aromatic amines is 2. The number of nitrogens with one attached hydrogen (secondary N) is 15. The molecule has 43 nitrogen and oxygen atoms in total. The van der Waals surface area contributed by atoms with E-state index in [2.05, 4.69) is 79.1 Å². The Bertz CT molecular complexity index is 4670. The van der Waals surface area contributed by atoms with Crippen LogP contribution in [0.1, 0.15) is 147 Å². The Morgan fingerprint density at radius 3 is 1.30 bits per heavy atom. The van der Waals surface area contributed by atoms with Crippen LogP contribution in [0.15, 0.2) is 84.4 Å². The van der Waals surface area contributed by atoms with Crippen LogP contribution in [-0.4, -0.2) is 261 Å². The van der Waals surface area contributed by atoms with Crippen molar-refractivity contribution < 1.29 is 132 Å². The monoisotopic (exact) mass is 1710 g/mol. The number of carbonyl (C=O) groups is 20. The highest BCUT2D eigenvalue weighted by molar-refractivity contribution is 6.01. The number of allylic oxidation sites excluding steroid dienone is 3. The molecule has 0 bridgehead atoms. The van der Waals surface area contributed by atoms with Crippen LogP contribution in [0.25, 0.3) is 21.8 Å². The maximum Gasteiger partial charge on any atom is 0.326 e. The van der Waals surface area contributed by atoms with Gasteiger partial charge in [-0.1, -0.05) is 61.9 Å². The number of aliphatic hydroxyl groups excluding tert-OH is 1. The molecule has 2 aromatic heterocycles. The molecule has 4 aromatic rings. The largest absolute Gasteiger partial charge is 0.512 e. The molecule has 2 aliphatic heterocycles. The molecule has 7 rings (SSSR count). The molecule has 43 heteroatoms. The van der Waals surface area contributed by atoms with Crippen molar-refractivity contribution in [3.63, 3.8) is 0 Å². The number of hydrogen-bond acceptors (Lipinski definition) is 21. The number of rotatable bonds is 49. The summed E-state index contributed by atoms with van der Waals surface area (Å²) in [6.07, 6.45) is -2.29. The Morgan fingerprint density at radius 2 is 0.861 bits per heavy atom. The van der Waals surface area contributed by atoms with E-state index in [0.29, 0.717) is 44.9 Å². The molecule has 0 radical (unpaired) electrons. The quantitative estimate of drug-likeness (QED) is 0.0223. The molecule has 12 atom stereocenters. The van der Waals surface area contributed by atoms with Crippen LogP contribution in [-0.2, 0) is 109 Å². The lowest BCUT2D eigenvalue weighted by molar-refractivity contribution is -0.142. The molecule has 0 saturated carbocycles. The van der Waals surface area contributed by atoms with Gasteiger partial charge < -0.3 is 120 Å². The number of aliphatic carboxylic acids is 6. The van der Waals surface area contributed by atoms with Crippen LogP contribution in [0.2, 0.25) is 0 Å². The molecule has 2 aromatic carbocycles. The van der Waals surface area contributed by atoms with Gasteiger partial charge >= 0.3 is 35.8 Å². The highest BCUT2D eigenvalue weighted by Gasteiger charge is 2.41. The average Bonchev–Trinajstić information content (AvgIpc) is 1.67. The van der Waals surface area contributed by atoms with Crippen LogP contribution in [0.5, 0.6) is 0 Å². The number of benzene rings is 2. The number of carboxylic acids is 6. The summed E-state index contributed by atoms with van der Waals surface area (Å²) >= 11 is 0. The number of fused-ring (bicyclic) bond motifs is 2. The number of H-pyrrole nitrogens is 2. The second-order valence-electron chi connectivity index (χ2n) is 30.1. The van der Waals surface area contributed by atoms with E-state index < -0.39 is 268 Å². The summed E-state index contributed by atoms with van der Waals surface area (Å²) in [5.41, 5.74) is 2.95. The average molecular weight is 1710 g/mol. The zero-order chi connectivity index (χ0) is 89.6. The van der Waals surface area contributed by atoms with E-state index in [1.54, 1.807) is 74.8 Å². The third-order valence-corrected chi connectivity index (χ3v) is 20.3. The van der Waals surface area contributed by atoms with Gasteiger partial charge in [0.25, 0.3) is 0 Å². The van der Waals surface area contributed by atoms with Crippen LogP contribution < -0.4 is 69.1 Å². The van der Waals surface area contributed by atoms with Crippen LogP contribution >= 0.6 is 0 Å². The first-order valence-electron chi connectivity index (χ1n) is 39.5. The van der Waals surface area contributed by atoms with Crippen LogP contribution in [0.4, 0.5) is 0 Å². The number of likely N-dealkylation sites (tertiary alicyclic amines) is 1. The van der Waals surface area contributed by atoms with Crippen molar-refractivity contribution in [2.24, 2.45) is 5.92 Å². The molecule has 122 heavy (non-hydrogen) atoms. The van der Waals surface area contributed by atoms with Crippen molar-refractivity contribution in [3.8, 4) is 0 Å². The minimum atomic E-state index is -2.10. The van der Waals surface area contributed by atoms with Gasteiger partial charge in [-0.25, -0.2) is 4.79 Å². The summed E-state index contributed by atoms with van der Waals surface area (Å²) in [6, 6.07) is -5.93. The van der Waals surface area contributed by atoms with Crippen molar-refractivity contribution in [1.29, 1.82) is 0 Å². The van der Waals surface area contributed by atoms with Crippen molar-refractivity contribution in [1.82, 2.24) is 84.0 Å². The van der Waals surface area contributed by atoms with E-state index in [9.17, 15) is 132 Å². The lowest BCUT2D eigenvalue weighted by Crippen LogP contribution is -2.61. The normalized spacial score (nSPS) is 16.7. The smallest absolute Gasteiger partial charge is 0.326 e. The highest BCUT2D eigenvalue weighted by Crippen LogP contribution is 2.25. The minimum absolute atomic E-state index is 0.00278. The predicted octanol–water partition coefficient (Wildman–Crippen LogP) is -2.19. The van der Waals surface area contributed by atoms with E-state index >= 15 is 0 Å². The van der Waals surface area contributed by atoms with Gasteiger partial charge in [-0.15, -0.1) is 0 Å². The van der Waals surface area contributed by atoms with Crippen LogP contribution in [0, 0.1) is 5.92 Å². The topological polar surface area (TPSA) is 674 Å². The van der Waals surface area contributed by atoms with E-state index in [1.165, 1.54) is 17.1 Å². The molecule has 1 aliphatic carbocycles. The van der Waals surface area contributed by atoms with Crippen LogP contribution in [0.3, 0.4) is 0 Å². The van der Waals surface area contributed by atoms with Gasteiger partial charge in [-0.05, 0) is 113 Å². The van der Waals surface area contributed by atoms with E-state index in [1.807, 2.05) is 0 Å². The first kappa shape index (κ1) is 95.3. The number of aromatic nitrogens is 2. The number of hydrogen-bond donors (Lipinski definition) is 22. The van der Waals surface area contributed by atoms with E-state index in [4.69, 9.17) is 0 Å². The van der Waals surface area contributed by atoms with Crippen molar-refractivity contribution in [2.45, 2.75) is 222 Å². The summed E-state index contributed by atoms with van der Waals surface area (Å²) in [5, 5.41) is 101. The predicted molar refractivity (Wildman–Crippen MR) is 425 cm³/mol. The standard InChI is InChI=1S/C79H102N16O27/c1-39(2)31-55(93-77(119)57(33-42-35-80-47-11-6-4-9-45(42)47)94-78(120)59-13-8-30-95(59)62(99)38-83-69(111)49-18-24-60(97)85-49)76(118)91-54(23-29-67(108)109)75(117)90-53(22-28-66(106)107)74(116)89-52(21-27-65(104)105)73(115)88-51(20-26-64(102)103)72(114)87-50(19-25-63(100)101)71(113)84-40(3)68(110)92-56(32-41-14-16-44(96)17-15-41)70(112)82-37-61(98)86-58(79(121)122)34-43-36-81-48-12-7-5-10-46(43)48/h4-7,9-12,14,16,35-36,39-40,49-59,80-81,96H,8,13,15,17-34,37-38H2,1-3H3,(H,82,112)(H,83,111)(H,84,113)(H,85,97)(H,86,98)(H,87,114)(H,88,115)(H,89,116)(H,90,117)(H,91,118)(H,92,110)(H,93,119)(H,94,120)(H,100,101)(H,102,103)(H,104,105)(H,106,107)(H,108,109)(H,121,122)/t40-,49-,50-,51-,52-,53-,54-,55-,56-,57-,58-,59-/m0/s1. The second kappa shape index (κ2) is 46.0. The number of carboxylic acid groups (broad SMARTS) is 6. The molecular weight excluding hydrogens is 1600 g/mol. The Labute approximate surface area is 696 Å². The van der Waals surface area contributed by atoms with Crippen molar-refractivity contribution >= 4 is 140 Å². The van der Waals surface area contributed by atoms with E-state index in [-0.39, 0.29) is 76.0 Å².